The van der Waals surface area contributed by atoms with Gasteiger partial charge in [-0.25, -0.2) is 0 Å². The van der Waals surface area contributed by atoms with Crippen LogP contribution in [0.15, 0.2) is 36.4 Å². The van der Waals surface area contributed by atoms with Crippen molar-refractivity contribution in [3.8, 4) is 0 Å². The van der Waals surface area contributed by atoms with Crippen molar-refractivity contribution in [2.45, 2.75) is 26.3 Å². The van der Waals surface area contributed by atoms with Crippen LogP contribution in [-0.2, 0) is 9.59 Å². The van der Waals surface area contributed by atoms with E-state index < -0.39 is 12.0 Å². The number of carbonyl (C=O) groups is 2. The Hall–Kier alpha value is -1.94. The van der Waals surface area contributed by atoms with Gasteiger partial charge in [0.15, 0.2) is 5.78 Å². The average molecular weight is 313 g/mol. The molecule has 1 aromatic carbocycles. The number of aliphatic carboxylic acids is 1. The molecule has 0 spiro atoms. The van der Waals surface area contributed by atoms with E-state index >= 15 is 0 Å². The minimum atomic E-state index is -0.779. The maximum Gasteiger partial charge on any atom is 0.320 e. The number of likely N-dealkylation sites (tertiary alicyclic amines) is 1. The number of carboxylic acids is 1. The van der Waals surface area contributed by atoms with E-state index in [1.807, 2.05) is 49.1 Å². The third-order valence-corrected chi connectivity index (χ3v) is 4.88. The Bertz CT molecular complexity index is 635. The van der Waals surface area contributed by atoms with E-state index in [9.17, 15) is 14.7 Å². The van der Waals surface area contributed by atoms with Gasteiger partial charge in [-0.2, -0.15) is 0 Å². The number of hydrogen-bond donors (Lipinski definition) is 1. The smallest absolute Gasteiger partial charge is 0.320 e. The fourth-order valence-corrected chi connectivity index (χ4v) is 3.77. The molecule has 1 unspecified atom stereocenters. The lowest BCUT2D eigenvalue weighted by molar-refractivity contribution is -0.143. The third kappa shape index (κ3) is 3.08. The Morgan fingerprint density at radius 2 is 1.96 bits per heavy atom. The molecule has 1 N–H and O–H groups in total. The number of Topliss-reactive ketones (excluding diaryl/α,β-unsaturated/α-hetero) is 1. The number of ketones is 1. The molecule has 3 rings (SSSR count). The number of fused-ring (bicyclic) bond motifs is 1. The van der Waals surface area contributed by atoms with Crippen LogP contribution in [0.1, 0.15) is 25.8 Å². The normalized spacial score (nSPS) is 25.5. The number of rotatable bonds is 5. The molecule has 1 aromatic rings. The van der Waals surface area contributed by atoms with Crippen molar-refractivity contribution in [2.24, 2.45) is 17.8 Å². The van der Waals surface area contributed by atoms with Gasteiger partial charge in [0, 0.05) is 30.5 Å². The molecule has 1 aliphatic carbocycles. The Labute approximate surface area is 136 Å². The number of benzene rings is 1. The standard InChI is InChI=1S/C19H23NO3/c1-12(2)8-17(19(22)23)20-10-14-9-15(18(21)16(14)11-20)13-6-4-3-5-7-13/h3-7,9,12,14,16-17H,8,10-11H2,1-2H3,(H,22,23)/t14-,16+,17?/m1/s1. The number of carbonyl (C=O) groups excluding carboxylic acids is 1. The van der Waals surface area contributed by atoms with E-state index in [2.05, 4.69) is 6.08 Å². The van der Waals surface area contributed by atoms with Gasteiger partial charge < -0.3 is 5.11 Å². The highest BCUT2D eigenvalue weighted by molar-refractivity contribution is 6.24. The van der Waals surface area contributed by atoms with Crippen LogP contribution < -0.4 is 0 Å². The Morgan fingerprint density at radius 1 is 1.26 bits per heavy atom. The fourth-order valence-electron chi connectivity index (χ4n) is 3.77. The fraction of sp³-hybridized carbons (Fsp3) is 0.474. The first-order chi connectivity index (χ1) is 11.0. The number of allylic oxidation sites excluding steroid dienone is 1. The summed E-state index contributed by atoms with van der Waals surface area (Å²) in [5, 5.41) is 9.50. The van der Waals surface area contributed by atoms with Crippen LogP contribution in [0.5, 0.6) is 0 Å². The van der Waals surface area contributed by atoms with E-state index in [0.29, 0.717) is 25.4 Å². The summed E-state index contributed by atoms with van der Waals surface area (Å²) < 4.78 is 0. The van der Waals surface area contributed by atoms with E-state index in [1.165, 1.54) is 0 Å². The Balaban J connectivity index is 1.77. The van der Waals surface area contributed by atoms with Crippen LogP contribution >= 0.6 is 0 Å². The molecule has 122 valence electrons. The summed E-state index contributed by atoms with van der Waals surface area (Å²) in [4.78, 5) is 26.3. The largest absolute Gasteiger partial charge is 0.480 e. The van der Waals surface area contributed by atoms with Crippen LogP contribution in [0.3, 0.4) is 0 Å². The van der Waals surface area contributed by atoms with Crippen molar-refractivity contribution in [3.63, 3.8) is 0 Å². The van der Waals surface area contributed by atoms with Crippen molar-refractivity contribution in [1.82, 2.24) is 4.90 Å². The lowest BCUT2D eigenvalue weighted by Gasteiger charge is -2.26. The summed E-state index contributed by atoms with van der Waals surface area (Å²) in [6.45, 7) is 5.28. The van der Waals surface area contributed by atoms with Gasteiger partial charge in [0.05, 0.1) is 0 Å². The molecule has 1 heterocycles. The van der Waals surface area contributed by atoms with Crippen LogP contribution in [-0.4, -0.2) is 40.9 Å². The quantitative estimate of drug-likeness (QED) is 0.908. The summed E-state index contributed by atoms with van der Waals surface area (Å²) in [5.41, 5.74) is 1.77. The van der Waals surface area contributed by atoms with Gasteiger partial charge in [-0.3, -0.25) is 14.5 Å². The van der Waals surface area contributed by atoms with Crippen molar-refractivity contribution >= 4 is 17.3 Å². The summed E-state index contributed by atoms with van der Waals surface area (Å²) in [6, 6.07) is 9.25. The number of carboxylic acid groups (broad SMARTS) is 1. The highest BCUT2D eigenvalue weighted by atomic mass is 16.4. The molecule has 4 nitrogen and oxygen atoms in total. The van der Waals surface area contributed by atoms with Gasteiger partial charge in [-0.05, 0) is 17.9 Å². The molecule has 0 bridgehead atoms. The molecule has 1 fully saturated rings. The van der Waals surface area contributed by atoms with Crippen LogP contribution in [0.2, 0.25) is 0 Å². The summed E-state index contributed by atoms with van der Waals surface area (Å²) in [6.07, 6.45) is 2.68. The highest BCUT2D eigenvalue weighted by Crippen LogP contribution is 2.39. The summed E-state index contributed by atoms with van der Waals surface area (Å²) in [7, 11) is 0. The van der Waals surface area contributed by atoms with E-state index in [4.69, 9.17) is 0 Å². The van der Waals surface area contributed by atoms with Crippen LogP contribution in [0.25, 0.3) is 5.57 Å². The topological polar surface area (TPSA) is 57.6 Å². The third-order valence-electron chi connectivity index (χ3n) is 4.88. The van der Waals surface area contributed by atoms with Crippen molar-refractivity contribution in [1.29, 1.82) is 0 Å². The maximum atomic E-state index is 12.7. The first kappa shape index (κ1) is 15.9. The second-order valence-electron chi connectivity index (χ2n) is 7.02. The highest BCUT2D eigenvalue weighted by Gasteiger charge is 2.45. The zero-order valence-corrected chi connectivity index (χ0v) is 13.6. The van der Waals surface area contributed by atoms with Gasteiger partial charge in [0.25, 0.3) is 0 Å². The second-order valence-corrected chi connectivity index (χ2v) is 7.02. The number of hydrogen-bond acceptors (Lipinski definition) is 3. The molecule has 2 aliphatic rings. The van der Waals surface area contributed by atoms with E-state index in [0.717, 1.165) is 11.1 Å². The van der Waals surface area contributed by atoms with Gasteiger partial charge in [-0.15, -0.1) is 0 Å². The van der Waals surface area contributed by atoms with Gasteiger partial charge in [0.2, 0.25) is 0 Å². The zero-order valence-electron chi connectivity index (χ0n) is 13.6. The molecule has 1 saturated heterocycles. The number of nitrogens with zero attached hydrogens (tertiary/aromatic N) is 1. The first-order valence-corrected chi connectivity index (χ1v) is 8.25. The predicted molar refractivity (Wildman–Crippen MR) is 88.9 cm³/mol. The van der Waals surface area contributed by atoms with Crippen LogP contribution in [0.4, 0.5) is 0 Å². The Morgan fingerprint density at radius 3 is 2.52 bits per heavy atom. The summed E-state index contributed by atoms with van der Waals surface area (Å²) >= 11 is 0. The molecule has 0 radical (unpaired) electrons. The van der Waals surface area contributed by atoms with Gasteiger partial charge >= 0.3 is 5.97 Å². The molecule has 23 heavy (non-hydrogen) atoms. The minimum Gasteiger partial charge on any atom is -0.480 e. The summed E-state index contributed by atoms with van der Waals surface area (Å²) in [5.74, 6) is -0.232. The zero-order chi connectivity index (χ0) is 16.6. The predicted octanol–water partition coefficient (Wildman–Crippen LogP) is 2.70. The minimum absolute atomic E-state index is 0.0841. The van der Waals surface area contributed by atoms with Crippen molar-refractivity contribution in [2.75, 3.05) is 13.1 Å². The van der Waals surface area contributed by atoms with E-state index in [1.54, 1.807) is 0 Å². The molecular formula is C19H23NO3. The average Bonchev–Trinajstić information content (AvgIpc) is 3.05. The van der Waals surface area contributed by atoms with Crippen molar-refractivity contribution in [3.05, 3.63) is 42.0 Å². The monoisotopic (exact) mass is 313 g/mol. The van der Waals surface area contributed by atoms with Crippen LogP contribution in [0, 0.1) is 17.8 Å². The first-order valence-electron chi connectivity index (χ1n) is 8.25. The molecule has 1 aliphatic heterocycles. The molecule has 0 aromatic heterocycles. The molecule has 4 heteroatoms. The van der Waals surface area contributed by atoms with Gasteiger partial charge in [0.1, 0.15) is 6.04 Å². The van der Waals surface area contributed by atoms with E-state index in [-0.39, 0.29) is 17.6 Å². The maximum absolute atomic E-state index is 12.7. The SMILES string of the molecule is CC(C)CC(C(=O)O)N1C[C@H]2C=C(c3ccccc3)C(=O)[C@H]2C1. The lowest BCUT2D eigenvalue weighted by Crippen LogP contribution is -2.41. The lowest BCUT2D eigenvalue weighted by atomic mass is 9.97. The second kappa shape index (κ2) is 6.28. The molecule has 0 saturated carbocycles. The molecule has 0 amide bonds. The Kier molecular flexibility index (Phi) is 4.35. The van der Waals surface area contributed by atoms with Crippen molar-refractivity contribution < 1.29 is 14.7 Å². The van der Waals surface area contributed by atoms with Gasteiger partial charge in [-0.1, -0.05) is 50.3 Å². The molecular weight excluding hydrogens is 290 g/mol. The molecule has 3 atom stereocenters.